The first kappa shape index (κ1) is 19.5. The number of hydrogen-bond acceptors (Lipinski definition) is 3. The highest BCUT2D eigenvalue weighted by molar-refractivity contribution is 6.32. The van der Waals surface area contributed by atoms with Crippen LogP contribution in [-0.2, 0) is 13.2 Å². The fourth-order valence-corrected chi connectivity index (χ4v) is 3.07. The molecule has 0 amide bonds. The van der Waals surface area contributed by atoms with E-state index in [1.807, 2.05) is 0 Å². The lowest BCUT2D eigenvalue weighted by Crippen LogP contribution is -2.26. The predicted octanol–water partition coefficient (Wildman–Crippen LogP) is 4.72. The van der Waals surface area contributed by atoms with E-state index < -0.39 is 30.1 Å². The van der Waals surface area contributed by atoms with Crippen LogP contribution < -0.4 is 15.0 Å². The van der Waals surface area contributed by atoms with Gasteiger partial charge in [-0.2, -0.15) is 22.0 Å². The number of nitrogens with zero attached hydrogens (tertiary/aromatic N) is 2. The fraction of sp³-hybridized carbons (Fsp3) is 0.353. The van der Waals surface area contributed by atoms with Crippen molar-refractivity contribution in [2.45, 2.75) is 25.3 Å². The van der Waals surface area contributed by atoms with Crippen molar-refractivity contribution >= 4 is 11.6 Å². The molecule has 1 aliphatic heterocycles. The number of hydrogen-bond donors (Lipinski definition) is 0. The second-order valence-electron chi connectivity index (χ2n) is 5.84. The van der Waals surface area contributed by atoms with Crippen LogP contribution in [0.1, 0.15) is 23.6 Å². The van der Waals surface area contributed by atoms with Gasteiger partial charge >= 0.3 is 12.8 Å². The third-order valence-electron chi connectivity index (χ3n) is 3.99. The summed E-state index contributed by atoms with van der Waals surface area (Å²) in [5.41, 5.74) is -0.632. The Kier molecular flexibility index (Phi) is 5.32. The number of aromatic nitrogens is 1. The minimum Gasteiger partial charge on any atom is -0.492 e. The Hall–Kier alpha value is -2.29. The van der Waals surface area contributed by atoms with Crippen LogP contribution in [0.15, 0.2) is 35.5 Å². The van der Waals surface area contributed by atoms with Crippen LogP contribution in [-0.4, -0.2) is 17.8 Å². The van der Waals surface area contributed by atoms with Crippen molar-refractivity contribution in [2.24, 2.45) is 12.0 Å². The molecule has 1 unspecified atom stereocenters. The third-order valence-corrected chi connectivity index (χ3v) is 4.29. The highest BCUT2D eigenvalue weighted by atomic mass is 35.5. The number of halogens is 6. The largest absolute Gasteiger partial charge is 0.492 e. The molecule has 1 aliphatic rings. The maximum Gasteiger partial charge on any atom is 0.417 e. The molecule has 1 aromatic heterocycles. The molecule has 1 atom stereocenters. The summed E-state index contributed by atoms with van der Waals surface area (Å²) in [5, 5.41) is 0.369. The molecule has 0 aliphatic carbocycles. The standard InChI is InChI=1S/C17H14ClF5N2O2/c1-25-8-9(17(21,22)23)7-13(27-16(19)20)15(25)24-12-5-6-26-14-10(12)3-2-4-11(14)18/h2-4,7-8,12,16H,5-6H2,1H3/b24-15-. The van der Waals surface area contributed by atoms with Crippen molar-refractivity contribution in [1.82, 2.24) is 4.57 Å². The molecule has 2 aromatic rings. The molecule has 0 bridgehead atoms. The summed E-state index contributed by atoms with van der Waals surface area (Å²) in [4.78, 5) is 4.37. The molecule has 1 aromatic carbocycles. The van der Waals surface area contributed by atoms with Crippen LogP contribution in [0.25, 0.3) is 0 Å². The van der Waals surface area contributed by atoms with E-state index in [1.54, 1.807) is 18.2 Å². The van der Waals surface area contributed by atoms with Gasteiger partial charge in [-0.3, -0.25) is 4.99 Å². The molecule has 0 spiro atoms. The zero-order valence-electron chi connectivity index (χ0n) is 13.9. The van der Waals surface area contributed by atoms with Crippen LogP contribution in [0.3, 0.4) is 0 Å². The first-order valence-electron chi connectivity index (χ1n) is 7.84. The van der Waals surface area contributed by atoms with Gasteiger partial charge in [-0.05, 0) is 12.1 Å². The Morgan fingerprint density at radius 2 is 2.07 bits per heavy atom. The molecule has 4 nitrogen and oxygen atoms in total. The number of fused-ring (bicyclic) bond motifs is 1. The van der Waals surface area contributed by atoms with Crippen molar-refractivity contribution in [3.05, 3.63) is 52.1 Å². The number of alkyl halides is 5. The Morgan fingerprint density at radius 1 is 1.33 bits per heavy atom. The van der Waals surface area contributed by atoms with Crippen molar-refractivity contribution in [2.75, 3.05) is 6.61 Å². The second-order valence-corrected chi connectivity index (χ2v) is 6.25. The highest BCUT2D eigenvalue weighted by Crippen LogP contribution is 2.39. The highest BCUT2D eigenvalue weighted by Gasteiger charge is 2.32. The summed E-state index contributed by atoms with van der Waals surface area (Å²) in [6.07, 6.45) is -3.53. The molecular weight excluding hydrogens is 395 g/mol. The van der Waals surface area contributed by atoms with Gasteiger partial charge in [0.05, 0.1) is 23.2 Å². The molecule has 0 saturated heterocycles. The maximum atomic E-state index is 13.0. The van der Waals surface area contributed by atoms with Gasteiger partial charge in [-0.1, -0.05) is 23.7 Å². The van der Waals surface area contributed by atoms with Crippen LogP contribution in [0.5, 0.6) is 11.5 Å². The van der Waals surface area contributed by atoms with Gasteiger partial charge in [-0.15, -0.1) is 0 Å². The van der Waals surface area contributed by atoms with E-state index >= 15 is 0 Å². The van der Waals surface area contributed by atoms with Gasteiger partial charge in [0.15, 0.2) is 11.2 Å². The third kappa shape index (κ3) is 4.18. The predicted molar refractivity (Wildman–Crippen MR) is 86.9 cm³/mol. The molecule has 0 radical (unpaired) electrons. The van der Waals surface area contributed by atoms with Crippen LogP contribution in [0, 0.1) is 0 Å². The lowest BCUT2D eigenvalue weighted by Gasteiger charge is -2.24. The quantitative estimate of drug-likeness (QED) is 0.689. The van der Waals surface area contributed by atoms with Gasteiger partial charge in [0.25, 0.3) is 0 Å². The molecule has 27 heavy (non-hydrogen) atoms. The smallest absolute Gasteiger partial charge is 0.417 e. The summed E-state index contributed by atoms with van der Waals surface area (Å²) in [7, 11) is 1.28. The van der Waals surface area contributed by atoms with E-state index in [0.717, 1.165) is 10.8 Å². The minimum atomic E-state index is -4.71. The lowest BCUT2D eigenvalue weighted by molar-refractivity contribution is -0.138. The molecule has 0 N–H and O–H groups in total. The van der Waals surface area contributed by atoms with Gasteiger partial charge in [0.2, 0.25) is 0 Å². The second kappa shape index (κ2) is 7.38. The lowest BCUT2D eigenvalue weighted by atomic mass is 10.0. The number of ether oxygens (including phenoxy) is 2. The summed E-state index contributed by atoms with van der Waals surface area (Å²) < 4.78 is 75.3. The number of benzene rings is 1. The Labute approximate surface area is 155 Å². The normalized spacial score (nSPS) is 17.6. The van der Waals surface area contributed by atoms with E-state index in [9.17, 15) is 22.0 Å². The molecule has 0 saturated carbocycles. The summed E-state index contributed by atoms with van der Waals surface area (Å²) in [6, 6.07) is 5.01. The van der Waals surface area contributed by atoms with Crippen molar-refractivity contribution < 1.29 is 31.4 Å². The maximum absolute atomic E-state index is 13.0. The minimum absolute atomic E-state index is 0.138. The number of aryl methyl sites for hydroxylation is 1. The molecule has 146 valence electrons. The molecule has 0 fully saturated rings. The van der Waals surface area contributed by atoms with Gasteiger partial charge in [-0.25, -0.2) is 0 Å². The van der Waals surface area contributed by atoms with E-state index in [4.69, 9.17) is 16.3 Å². The topological polar surface area (TPSA) is 35.8 Å². The van der Waals surface area contributed by atoms with E-state index in [1.165, 1.54) is 7.05 Å². The number of rotatable bonds is 3. The van der Waals surface area contributed by atoms with Crippen molar-refractivity contribution in [3.8, 4) is 11.5 Å². The molecule has 2 heterocycles. The van der Waals surface area contributed by atoms with Crippen LogP contribution in [0.2, 0.25) is 5.02 Å². The molecular formula is C17H14ClF5N2O2. The van der Waals surface area contributed by atoms with Crippen molar-refractivity contribution in [1.29, 1.82) is 0 Å². The van der Waals surface area contributed by atoms with Gasteiger partial charge < -0.3 is 14.0 Å². The Bertz CT molecular complexity index is 911. The monoisotopic (exact) mass is 408 g/mol. The SMILES string of the molecule is Cn1cc(C(F)(F)F)cc(OC(F)F)/c1=N/C1CCOc2c(Cl)cccc21. The molecule has 3 rings (SSSR count). The van der Waals surface area contributed by atoms with Crippen LogP contribution >= 0.6 is 11.6 Å². The zero-order valence-corrected chi connectivity index (χ0v) is 14.7. The van der Waals surface area contributed by atoms with Gasteiger partial charge in [0, 0.05) is 25.2 Å². The zero-order chi connectivity index (χ0) is 19.8. The number of pyridine rings is 1. The average Bonchev–Trinajstić information content (AvgIpc) is 2.57. The summed E-state index contributed by atoms with van der Waals surface area (Å²) in [6.45, 7) is -3.01. The van der Waals surface area contributed by atoms with E-state index in [2.05, 4.69) is 9.73 Å². The Morgan fingerprint density at radius 3 is 2.74 bits per heavy atom. The number of para-hydroxylation sites is 1. The summed E-state index contributed by atoms with van der Waals surface area (Å²) in [5.74, 6) is -0.234. The van der Waals surface area contributed by atoms with E-state index in [0.29, 0.717) is 28.8 Å². The first-order chi connectivity index (χ1) is 12.7. The van der Waals surface area contributed by atoms with Gasteiger partial charge in [0.1, 0.15) is 5.75 Å². The Balaban J connectivity index is 2.15. The fourth-order valence-electron chi connectivity index (χ4n) is 2.83. The summed E-state index contributed by atoms with van der Waals surface area (Å²) >= 11 is 6.09. The van der Waals surface area contributed by atoms with Crippen LogP contribution in [0.4, 0.5) is 22.0 Å². The molecule has 10 heteroatoms. The average molecular weight is 409 g/mol. The van der Waals surface area contributed by atoms with E-state index in [-0.39, 0.29) is 12.1 Å². The van der Waals surface area contributed by atoms with Crippen molar-refractivity contribution in [3.63, 3.8) is 0 Å². The first-order valence-corrected chi connectivity index (χ1v) is 8.22.